The molecule has 1 amide bonds. The standard InChI is InChI=1S/C10H7BrN2O/c11-8-3-1-2-7-6(8)4-5-13-9(7)10(12)14/h1-5H,(H2,12,14). The SMILES string of the molecule is NC(=O)c1nccc2c(Br)cccc12. The van der Waals surface area contributed by atoms with E-state index in [2.05, 4.69) is 20.9 Å². The smallest absolute Gasteiger partial charge is 0.267 e. The van der Waals surface area contributed by atoms with Crippen LogP contribution in [0.25, 0.3) is 10.8 Å². The lowest BCUT2D eigenvalue weighted by atomic mass is 10.1. The molecule has 0 saturated heterocycles. The third-order valence-corrected chi connectivity index (χ3v) is 2.68. The van der Waals surface area contributed by atoms with E-state index in [0.717, 1.165) is 15.2 Å². The Bertz CT molecular complexity index is 510. The van der Waals surface area contributed by atoms with E-state index >= 15 is 0 Å². The maximum absolute atomic E-state index is 11.1. The number of carbonyl (C=O) groups is 1. The molecule has 1 aromatic carbocycles. The third-order valence-electron chi connectivity index (χ3n) is 1.99. The molecule has 0 atom stereocenters. The summed E-state index contributed by atoms with van der Waals surface area (Å²) < 4.78 is 0.930. The van der Waals surface area contributed by atoms with Crippen LogP contribution in [-0.2, 0) is 0 Å². The highest BCUT2D eigenvalue weighted by Crippen LogP contribution is 2.24. The fourth-order valence-electron chi connectivity index (χ4n) is 1.37. The molecule has 70 valence electrons. The molecule has 2 rings (SSSR count). The van der Waals surface area contributed by atoms with Crippen molar-refractivity contribution in [3.63, 3.8) is 0 Å². The fourth-order valence-corrected chi connectivity index (χ4v) is 1.86. The van der Waals surface area contributed by atoms with Crippen molar-refractivity contribution in [3.8, 4) is 0 Å². The Morgan fingerprint density at radius 1 is 1.29 bits per heavy atom. The van der Waals surface area contributed by atoms with Crippen LogP contribution in [0.5, 0.6) is 0 Å². The quantitative estimate of drug-likeness (QED) is 0.843. The number of nitrogens with zero attached hydrogens (tertiary/aromatic N) is 1. The molecule has 0 saturated carbocycles. The highest BCUT2D eigenvalue weighted by atomic mass is 79.9. The first-order chi connectivity index (χ1) is 6.70. The molecule has 14 heavy (non-hydrogen) atoms. The van der Waals surface area contributed by atoms with Gasteiger partial charge in [0.15, 0.2) is 0 Å². The summed E-state index contributed by atoms with van der Waals surface area (Å²) >= 11 is 3.40. The van der Waals surface area contributed by atoms with Gasteiger partial charge in [-0.15, -0.1) is 0 Å². The molecular weight excluding hydrogens is 244 g/mol. The Balaban J connectivity index is 2.88. The number of amides is 1. The Morgan fingerprint density at radius 2 is 2.07 bits per heavy atom. The molecule has 0 fully saturated rings. The van der Waals surface area contributed by atoms with E-state index in [-0.39, 0.29) is 0 Å². The van der Waals surface area contributed by atoms with Gasteiger partial charge in [-0.2, -0.15) is 0 Å². The maximum atomic E-state index is 11.1. The Labute approximate surface area is 89.1 Å². The summed E-state index contributed by atoms with van der Waals surface area (Å²) in [5, 5.41) is 1.71. The number of carbonyl (C=O) groups excluding carboxylic acids is 1. The maximum Gasteiger partial charge on any atom is 0.267 e. The highest BCUT2D eigenvalue weighted by Gasteiger charge is 2.08. The zero-order valence-corrected chi connectivity index (χ0v) is 8.78. The van der Waals surface area contributed by atoms with Gasteiger partial charge < -0.3 is 5.73 Å². The normalized spacial score (nSPS) is 10.4. The second-order valence-corrected chi connectivity index (χ2v) is 3.71. The zero-order chi connectivity index (χ0) is 10.1. The van der Waals surface area contributed by atoms with Crippen molar-refractivity contribution in [1.29, 1.82) is 0 Å². The molecule has 2 N–H and O–H groups in total. The molecule has 0 aliphatic heterocycles. The first-order valence-electron chi connectivity index (χ1n) is 4.03. The average Bonchev–Trinajstić information content (AvgIpc) is 2.17. The van der Waals surface area contributed by atoms with Crippen molar-refractivity contribution in [2.75, 3.05) is 0 Å². The van der Waals surface area contributed by atoms with E-state index in [9.17, 15) is 4.79 Å². The molecule has 0 aliphatic carbocycles. The molecule has 1 aromatic heterocycles. The fraction of sp³-hybridized carbons (Fsp3) is 0. The molecule has 0 unspecified atom stereocenters. The van der Waals surface area contributed by atoms with Crippen molar-refractivity contribution < 1.29 is 4.79 Å². The van der Waals surface area contributed by atoms with E-state index in [1.54, 1.807) is 6.20 Å². The zero-order valence-electron chi connectivity index (χ0n) is 7.20. The Kier molecular flexibility index (Phi) is 2.21. The van der Waals surface area contributed by atoms with E-state index in [1.165, 1.54) is 0 Å². The van der Waals surface area contributed by atoms with Gasteiger partial charge in [-0.1, -0.05) is 28.1 Å². The monoisotopic (exact) mass is 250 g/mol. The Morgan fingerprint density at radius 3 is 2.79 bits per heavy atom. The second-order valence-electron chi connectivity index (χ2n) is 2.86. The molecular formula is C10H7BrN2O. The van der Waals surface area contributed by atoms with Crippen LogP contribution in [0.4, 0.5) is 0 Å². The molecule has 2 aromatic rings. The number of primary amides is 1. The van der Waals surface area contributed by atoms with E-state index in [0.29, 0.717) is 5.69 Å². The van der Waals surface area contributed by atoms with Gasteiger partial charge in [-0.3, -0.25) is 9.78 Å². The number of fused-ring (bicyclic) bond motifs is 1. The van der Waals surface area contributed by atoms with Crippen LogP contribution in [-0.4, -0.2) is 10.9 Å². The second kappa shape index (κ2) is 3.38. The number of benzene rings is 1. The number of hydrogen-bond acceptors (Lipinski definition) is 2. The number of pyridine rings is 1. The number of hydrogen-bond donors (Lipinski definition) is 1. The van der Waals surface area contributed by atoms with E-state index in [4.69, 9.17) is 5.73 Å². The first kappa shape index (κ1) is 9.15. The minimum absolute atomic E-state index is 0.309. The number of rotatable bonds is 1. The van der Waals surface area contributed by atoms with Gasteiger partial charge in [0.05, 0.1) is 0 Å². The summed E-state index contributed by atoms with van der Waals surface area (Å²) in [6, 6.07) is 7.42. The van der Waals surface area contributed by atoms with Crippen molar-refractivity contribution >= 4 is 32.6 Å². The first-order valence-corrected chi connectivity index (χ1v) is 4.82. The van der Waals surface area contributed by atoms with Gasteiger partial charge in [0.2, 0.25) is 0 Å². The molecule has 4 heteroatoms. The molecule has 3 nitrogen and oxygen atoms in total. The minimum Gasteiger partial charge on any atom is -0.364 e. The summed E-state index contributed by atoms with van der Waals surface area (Å²) in [5.41, 5.74) is 5.52. The van der Waals surface area contributed by atoms with E-state index < -0.39 is 5.91 Å². The average molecular weight is 251 g/mol. The number of aromatic nitrogens is 1. The summed E-state index contributed by atoms with van der Waals surface area (Å²) in [6.07, 6.45) is 1.58. The molecule has 0 aliphatic rings. The Hall–Kier alpha value is -1.42. The summed E-state index contributed by atoms with van der Waals surface area (Å²) in [5.74, 6) is -0.506. The predicted molar refractivity (Wildman–Crippen MR) is 58.0 cm³/mol. The molecule has 0 spiro atoms. The molecule has 1 heterocycles. The number of halogens is 1. The van der Waals surface area contributed by atoms with Crippen LogP contribution in [0.1, 0.15) is 10.5 Å². The van der Waals surface area contributed by atoms with Gasteiger partial charge in [0, 0.05) is 16.1 Å². The predicted octanol–water partition coefficient (Wildman–Crippen LogP) is 2.10. The van der Waals surface area contributed by atoms with Crippen molar-refractivity contribution in [1.82, 2.24) is 4.98 Å². The lowest BCUT2D eigenvalue weighted by Crippen LogP contribution is -2.13. The summed E-state index contributed by atoms with van der Waals surface area (Å²) in [7, 11) is 0. The minimum atomic E-state index is -0.506. The molecule has 0 bridgehead atoms. The van der Waals surface area contributed by atoms with Crippen LogP contribution in [0.2, 0.25) is 0 Å². The van der Waals surface area contributed by atoms with Gasteiger partial charge >= 0.3 is 0 Å². The number of nitrogens with two attached hydrogens (primary N) is 1. The van der Waals surface area contributed by atoms with Gasteiger partial charge in [-0.05, 0) is 17.5 Å². The van der Waals surface area contributed by atoms with Crippen molar-refractivity contribution in [2.24, 2.45) is 5.73 Å². The van der Waals surface area contributed by atoms with Crippen molar-refractivity contribution in [2.45, 2.75) is 0 Å². The van der Waals surface area contributed by atoms with Gasteiger partial charge in [0.1, 0.15) is 5.69 Å². The molecule has 0 radical (unpaired) electrons. The van der Waals surface area contributed by atoms with Crippen LogP contribution < -0.4 is 5.73 Å². The lowest BCUT2D eigenvalue weighted by molar-refractivity contribution is 0.0997. The van der Waals surface area contributed by atoms with Crippen LogP contribution in [0.15, 0.2) is 34.9 Å². The van der Waals surface area contributed by atoms with Gasteiger partial charge in [-0.25, -0.2) is 0 Å². The largest absolute Gasteiger partial charge is 0.364 e. The van der Waals surface area contributed by atoms with Crippen LogP contribution >= 0.6 is 15.9 Å². The summed E-state index contributed by atoms with van der Waals surface area (Å²) in [6.45, 7) is 0. The van der Waals surface area contributed by atoms with Crippen molar-refractivity contribution in [3.05, 3.63) is 40.6 Å². The third kappa shape index (κ3) is 1.37. The van der Waals surface area contributed by atoms with Crippen LogP contribution in [0.3, 0.4) is 0 Å². The van der Waals surface area contributed by atoms with E-state index in [1.807, 2.05) is 24.3 Å². The lowest BCUT2D eigenvalue weighted by Gasteiger charge is -2.02. The topological polar surface area (TPSA) is 56.0 Å². The van der Waals surface area contributed by atoms with Gasteiger partial charge in [0.25, 0.3) is 5.91 Å². The summed E-state index contributed by atoms with van der Waals surface area (Å²) in [4.78, 5) is 15.0. The highest BCUT2D eigenvalue weighted by molar-refractivity contribution is 9.10. The van der Waals surface area contributed by atoms with Crippen LogP contribution in [0, 0.1) is 0 Å².